The van der Waals surface area contributed by atoms with Gasteiger partial charge in [0.15, 0.2) is 11.5 Å². The topological polar surface area (TPSA) is 64.6 Å². The van der Waals surface area contributed by atoms with Gasteiger partial charge in [0.25, 0.3) is 10.0 Å². The molecule has 0 aliphatic carbocycles. The van der Waals surface area contributed by atoms with Crippen molar-refractivity contribution in [2.24, 2.45) is 0 Å². The van der Waals surface area contributed by atoms with Crippen molar-refractivity contribution in [2.75, 3.05) is 18.4 Å². The van der Waals surface area contributed by atoms with Crippen molar-refractivity contribution in [2.45, 2.75) is 11.8 Å². The van der Waals surface area contributed by atoms with E-state index in [4.69, 9.17) is 9.47 Å². The molecule has 1 N–H and O–H groups in total. The van der Waals surface area contributed by atoms with Crippen LogP contribution in [0.5, 0.6) is 11.5 Å². The van der Waals surface area contributed by atoms with Crippen molar-refractivity contribution >= 4 is 15.7 Å². The van der Waals surface area contributed by atoms with Crippen LogP contribution in [0.3, 0.4) is 0 Å². The van der Waals surface area contributed by atoms with Gasteiger partial charge in [0.05, 0.1) is 24.3 Å². The number of ether oxygens (including phenoxy) is 2. The molecule has 0 aliphatic heterocycles. The lowest BCUT2D eigenvalue weighted by Gasteiger charge is -2.12. The van der Waals surface area contributed by atoms with E-state index in [0.717, 1.165) is 12.1 Å². The van der Waals surface area contributed by atoms with E-state index >= 15 is 0 Å². The summed E-state index contributed by atoms with van der Waals surface area (Å²) in [5, 5.41) is 0. The zero-order chi connectivity index (χ0) is 16.2. The number of rotatable bonds is 6. The van der Waals surface area contributed by atoms with Gasteiger partial charge in [-0.3, -0.25) is 4.72 Å². The van der Waals surface area contributed by atoms with Crippen LogP contribution in [-0.4, -0.2) is 22.1 Å². The predicted molar refractivity (Wildman–Crippen MR) is 81.4 cm³/mol. The lowest BCUT2D eigenvalue weighted by molar-refractivity contribution is 0.311. The molecule has 0 amide bonds. The molecule has 2 aromatic rings. The van der Waals surface area contributed by atoms with Gasteiger partial charge in [-0.25, -0.2) is 12.8 Å². The first kappa shape index (κ1) is 16.1. The first-order valence-corrected chi connectivity index (χ1v) is 8.04. The highest BCUT2D eigenvalue weighted by Crippen LogP contribution is 2.31. The summed E-state index contributed by atoms with van der Waals surface area (Å²) in [7, 11) is -2.32. The summed E-state index contributed by atoms with van der Waals surface area (Å²) >= 11 is 0. The van der Waals surface area contributed by atoms with Gasteiger partial charge < -0.3 is 9.47 Å². The number of methoxy groups -OCH3 is 1. The third-order valence-corrected chi connectivity index (χ3v) is 4.24. The molecular formula is C15H16FNO4S. The average molecular weight is 325 g/mol. The number of hydrogen-bond donors (Lipinski definition) is 1. The van der Waals surface area contributed by atoms with Gasteiger partial charge in [0, 0.05) is 6.07 Å². The second-order valence-corrected chi connectivity index (χ2v) is 6.04. The minimum atomic E-state index is -3.79. The van der Waals surface area contributed by atoms with E-state index in [1.54, 1.807) is 12.1 Å². The average Bonchev–Trinajstić information content (AvgIpc) is 2.49. The number of benzene rings is 2. The second kappa shape index (κ2) is 6.65. The Morgan fingerprint density at radius 1 is 1.09 bits per heavy atom. The molecule has 2 rings (SSSR count). The van der Waals surface area contributed by atoms with E-state index in [9.17, 15) is 12.8 Å². The number of anilines is 1. The Labute approximate surface area is 128 Å². The fourth-order valence-corrected chi connectivity index (χ4v) is 2.88. The number of halogens is 1. The molecule has 5 nitrogen and oxygen atoms in total. The van der Waals surface area contributed by atoms with Crippen LogP contribution >= 0.6 is 0 Å². The minimum Gasteiger partial charge on any atom is -0.493 e. The Kier molecular flexibility index (Phi) is 4.87. The molecule has 0 saturated heterocycles. The Morgan fingerprint density at radius 2 is 1.77 bits per heavy atom. The highest BCUT2D eigenvalue weighted by molar-refractivity contribution is 7.92. The monoisotopic (exact) mass is 325 g/mol. The Hall–Kier alpha value is -2.28. The van der Waals surface area contributed by atoms with Crippen molar-refractivity contribution < 1.29 is 22.3 Å². The summed E-state index contributed by atoms with van der Waals surface area (Å²) in [5.74, 6) is 0.442. The van der Waals surface area contributed by atoms with Gasteiger partial charge in [-0.2, -0.15) is 0 Å². The molecule has 0 fully saturated rings. The molecular weight excluding hydrogens is 309 g/mol. The van der Waals surface area contributed by atoms with Crippen molar-refractivity contribution in [3.05, 3.63) is 48.3 Å². The standard InChI is InChI=1S/C15H16FNO4S/c1-3-21-14-9-6-12(10-15(14)20-2)17-22(18,19)13-7-4-11(16)5-8-13/h4-10,17H,3H2,1-2H3. The molecule has 0 unspecified atom stereocenters. The molecule has 0 heterocycles. The molecule has 0 bridgehead atoms. The SMILES string of the molecule is CCOc1ccc(NS(=O)(=O)c2ccc(F)cc2)cc1OC. The quantitative estimate of drug-likeness (QED) is 0.886. The first-order valence-electron chi connectivity index (χ1n) is 6.55. The van der Waals surface area contributed by atoms with Gasteiger partial charge in [-0.05, 0) is 43.3 Å². The largest absolute Gasteiger partial charge is 0.493 e. The minimum absolute atomic E-state index is 0.0262. The Bertz CT molecular complexity index is 745. The van der Waals surface area contributed by atoms with Crippen molar-refractivity contribution in [1.29, 1.82) is 0 Å². The third-order valence-electron chi connectivity index (χ3n) is 2.84. The van der Waals surface area contributed by atoms with E-state index in [2.05, 4.69) is 4.72 Å². The molecule has 22 heavy (non-hydrogen) atoms. The second-order valence-electron chi connectivity index (χ2n) is 4.36. The predicted octanol–water partition coefficient (Wildman–Crippen LogP) is 3.03. The summed E-state index contributed by atoms with van der Waals surface area (Å²) in [4.78, 5) is -0.0262. The highest BCUT2D eigenvalue weighted by atomic mass is 32.2. The van der Waals surface area contributed by atoms with Crippen molar-refractivity contribution in [3.63, 3.8) is 0 Å². The van der Waals surface area contributed by atoms with E-state index < -0.39 is 15.8 Å². The molecule has 7 heteroatoms. The van der Waals surface area contributed by atoms with Gasteiger partial charge in [-0.1, -0.05) is 0 Å². The van der Waals surface area contributed by atoms with Gasteiger partial charge in [-0.15, -0.1) is 0 Å². The van der Waals surface area contributed by atoms with Crippen LogP contribution in [0.2, 0.25) is 0 Å². The maximum Gasteiger partial charge on any atom is 0.261 e. The van der Waals surface area contributed by atoms with Gasteiger partial charge in [0.1, 0.15) is 5.82 Å². The van der Waals surface area contributed by atoms with Crippen LogP contribution in [0.15, 0.2) is 47.4 Å². The number of hydrogen-bond acceptors (Lipinski definition) is 4. The zero-order valence-corrected chi connectivity index (χ0v) is 13.0. The van der Waals surface area contributed by atoms with Crippen molar-refractivity contribution in [1.82, 2.24) is 0 Å². The fraction of sp³-hybridized carbons (Fsp3) is 0.200. The lowest BCUT2D eigenvalue weighted by atomic mass is 10.3. The highest BCUT2D eigenvalue weighted by Gasteiger charge is 2.15. The van der Waals surface area contributed by atoms with Crippen molar-refractivity contribution in [3.8, 4) is 11.5 Å². The number of nitrogens with one attached hydrogen (secondary N) is 1. The summed E-state index contributed by atoms with van der Waals surface area (Å²) in [6.07, 6.45) is 0. The first-order chi connectivity index (χ1) is 10.5. The Morgan fingerprint density at radius 3 is 2.36 bits per heavy atom. The van der Waals surface area contributed by atoms with Crippen LogP contribution in [0.4, 0.5) is 10.1 Å². The maximum absolute atomic E-state index is 12.9. The molecule has 118 valence electrons. The summed E-state index contributed by atoms with van der Waals surface area (Å²) in [6.45, 7) is 2.31. The molecule has 2 aromatic carbocycles. The smallest absolute Gasteiger partial charge is 0.261 e. The molecule has 0 radical (unpaired) electrons. The normalized spacial score (nSPS) is 11.0. The van der Waals surface area contributed by atoms with E-state index in [1.807, 2.05) is 6.92 Å². The van der Waals surface area contributed by atoms with E-state index in [-0.39, 0.29) is 4.90 Å². The molecule has 0 atom stereocenters. The maximum atomic E-state index is 12.9. The lowest BCUT2D eigenvalue weighted by Crippen LogP contribution is -2.13. The molecule has 0 aliphatic rings. The van der Waals surface area contributed by atoms with Gasteiger partial charge >= 0.3 is 0 Å². The van der Waals surface area contributed by atoms with Crippen LogP contribution in [0, 0.1) is 5.82 Å². The van der Waals surface area contributed by atoms with E-state index in [0.29, 0.717) is 23.8 Å². The summed E-state index contributed by atoms with van der Waals surface area (Å²) < 4.78 is 50.3. The zero-order valence-electron chi connectivity index (χ0n) is 12.2. The molecule has 0 spiro atoms. The van der Waals surface area contributed by atoms with Crippen LogP contribution in [-0.2, 0) is 10.0 Å². The Balaban J connectivity index is 2.27. The van der Waals surface area contributed by atoms with Crippen LogP contribution in [0.25, 0.3) is 0 Å². The molecule has 0 aromatic heterocycles. The van der Waals surface area contributed by atoms with Crippen LogP contribution < -0.4 is 14.2 Å². The number of sulfonamides is 1. The van der Waals surface area contributed by atoms with Crippen LogP contribution in [0.1, 0.15) is 6.92 Å². The summed E-state index contributed by atoms with van der Waals surface area (Å²) in [5.41, 5.74) is 0.324. The summed E-state index contributed by atoms with van der Waals surface area (Å²) in [6, 6.07) is 9.28. The van der Waals surface area contributed by atoms with Gasteiger partial charge in [0.2, 0.25) is 0 Å². The fourth-order valence-electron chi connectivity index (χ4n) is 1.83. The van der Waals surface area contributed by atoms with E-state index in [1.165, 1.54) is 25.3 Å². The third kappa shape index (κ3) is 3.67. The molecule has 0 saturated carbocycles.